The molecule has 0 aromatic carbocycles. The predicted molar refractivity (Wildman–Crippen MR) is 78.8 cm³/mol. The zero-order chi connectivity index (χ0) is 13.1. The summed E-state index contributed by atoms with van der Waals surface area (Å²) in [5, 5.41) is 3.79. The van der Waals surface area contributed by atoms with Crippen molar-refractivity contribution in [1.29, 1.82) is 0 Å². The molecule has 3 atom stereocenters. The fraction of sp³-hybridized carbons (Fsp3) is 1.00. The maximum absolute atomic E-state index is 3.79. The summed E-state index contributed by atoms with van der Waals surface area (Å²) in [6, 6.07) is 1.55. The van der Waals surface area contributed by atoms with Crippen molar-refractivity contribution in [1.82, 2.24) is 10.2 Å². The van der Waals surface area contributed by atoms with Gasteiger partial charge in [-0.05, 0) is 56.9 Å². The Morgan fingerprint density at radius 1 is 1.17 bits per heavy atom. The van der Waals surface area contributed by atoms with E-state index < -0.39 is 0 Å². The molecule has 0 radical (unpaired) electrons. The first-order valence-corrected chi connectivity index (χ1v) is 8.03. The van der Waals surface area contributed by atoms with Gasteiger partial charge in [0.05, 0.1) is 0 Å². The molecular formula is C16H32N2. The number of likely N-dealkylation sites (tertiary alicyclic amines) is 1. The fourth-order valence-corrected chi connectivity index (χ4v) is 3.33. The van der Waals surface area contributed by atoms with E-state index in [4.69, 9.17) is 0 Å². The lowest BCUT2D eigenvalue weighted by Gasteiger charge is -2.40. The highest BCUT2D eigenvalue weighted by Crippen LogP contribution is 2.36. The second kappa shape index (κ2) is 6.38. The molecule has 2 rings (SSSR count). The maximum atomic E-state index is 3.79. The van der Waals surface area contributed by atoms with Gasteiger partial charge < -0.3 is 5.32 Å². The molecule has 1 saturated heterocycles. The Balaban J connectivity index is 1.76. The largest absolute Gasteiger partial charge is 0.313 e. The first-order chi connectivity index (χ1) is 8.56. The molecule has 0 bridgehead atoms. The summed E-state index contributed by atoms with van der Waals surface area (Å²) in [7, 11) is 0. The van der Waals surface area contributed by atoms with E-state index in [1.807, 2.05) is 0 Å². The van der Waals surface area contributed by atoms with Gasteiger partial charge in [-0.2, -0.15) is 0 Å². The van der Waals surface area contributed by atoms with Crippen molar-refractivity contribution in [3.8, 4) is 0 Å². The van der Waals surface area contributed by atoms with E-state index in [2.05, 4.69) is 37.9 Å². The highest BCUT2D eigenvalue weighted by molar-refractivity contribution is 4.90. The van der Waals surface area contributed by atoms with Crippen LogP contribution < -0.4 is 5.32 Å². The highest BCUT2D eigenvalue weighted by atomic mass is 15.2. The lowest BCUT2D eigenvalue weighted by molar-refractivity contribution is 0.100. The van der Waals surface area contributed by atoms with Gasteiger partial charge in [-0.25, -0.2) is 0 Å². The van der Waals surface area contributed by atoms with Crippen LogP contribution in [0.3, 0.4) is 0 Å². The standard InChI is InChI=1S/C16H32N2/c1-12(2)7-8-17-16-9-13(3)10-18(11-16)14(4)15-5-6-15/h12-17H,5-11H2,1-4H3. The third-order valence-electron chi connectivity index (χ3n) is 4.72. The number of hydrogen-bond acceptors (Lipinski definition) is 2. The smallest absolute Gasteiger partial charge is 0.0198 e. The van der Waals surface area contributed by atoms with Crippen LogP contribution in [0.2, 0.25) is 0 Å². The van der Waals surface area contributed by atoms with Gasteiger partial charge in [0, 0.05) is 25.2 Å². The number of piperidine rings is 1. The van der Waals surface area contributed by atoms with Crippen LogP contribution in [-0.2, 0) is 0 Å². The second-order valence-electron chi connectivity index (χ2n) is 7.21. The number of nitrogens with one attached hydrogen (secondary N) is 1. The molecular weight excluding hydrogens is 220 g/mol. The normalized spacial score (nSPS) is 31.8. The molecule has 0 aromatic heterocycles. The Hall–Kier alpha value is -0.0800. The molecule has 1 heterocycles. The molecule has 0 aromatic rings. The van der Waals surface area contributed by atoms with Crippen molar-refractivity contribution in [3.63, 3.8) is 0 Å². The molecule has 1 aliphatic heterocycles. The summed E-state index contributed by atoms with van der Waals surface area (Å²) >= 11 is 0. The Morgan fingerprint density at radius 3 is 2.50 bits per heavy atom. The second-order valence-corrected chi connectivity index (χ2v) is 7.21. The number of hydrogen-bond donors (Lipinski definition) is 1. The van der Waals surface area contributed by atoms with Crippen molar-refractivity contribution in [2.75, 3.05) is 19.6 Å². The van der Waals surface area contributed by atoms with Gasteiger partial charge in [0.15, 0.2) is 0 Å². The van der Waals surface area contributed by atoms with Crippen LogP contribution in [0.1, 0.15) is 53.4 Å². The van der Waals surface area contributed by atoms with Gasteiger partial charge in [0.25, 0.3) is 0 Å². The zero-order valence-electron chi connectivity index (χ0n) is 12.8. The van der Waals surface area contributed by atoms with E-state index in [-0.39, 0.29) is 0 Å². The molecule has 2 nitrogen and oxygen atoms in total. The molecule has 1 N–H and O–H groups in total. The summed E-state index contributed by atoms with van der Waals surface area (Å²) < 4.78 is 0. The molecule has 0 spiro atoms. The molecule has 2 aliphatic rings. The number of nitrogens with zero attached hydrogens (tertiary/aromatic N) is 1. The number of rotatable bonds is 6. The average Bonchev–Trinajstić information content (AvgIpc) is 3.10. The van der Waals surface area contributed by atoms with Gasteiger partial charge in [-0.3, -0.25) is 4.90 Å². The van der Waals surface area contributed by atoms with Gasteiger partial charge in [0.1, 0.15) is 0 Å². The molecule has 3 unspecified atom stereocenters. The van der Waals surface area contributed by atoms with Crippen LogP contribution in [0.4, 0.5) is 0 Å². The van der Waals surface area contributed by atoms with Crippen LogP contribution in [0, 0.1) is 17.8 Å². The third-order valence-corrected chi connectivity index (χ3v) is 4.72. The topological polar surface area (TPSA) is 15.3 Å². The lowest BCUT2D eigenvalue weighted by Crippen LogP contribution is -2.52. The minimum atomic E-state index is 0.730. The van der Waals surface area contributed by atoms with Crippen LogP contribution >= 0.6 is 0 Å². The van der Waals surface area contributed by atoms with E-state index >= 15 is 0 Å². The highest BCUT2D eigenvalue weighted by Gasteiger charge is 2.35. The van der Waals surface area contributed by atoms with Gasteiger partial charge in [-0.15, -0.1) is 0 Å². The van der Waals surface area contributed by atoms with E-state index in [1.54, 1.807) is 0 Å². The monoisotopic (exact) mass is 252 g/mol. The first-order valence-electron chi connectivity index (χ1n) is 8.03. The summed E-state index contributed by atoms with van der Waals surface area (Å²) in [4.78, 5) is 2.75. The summed E-state index contributed by atoms with van der Waals surface area (Å²) in [5.41, 5.74) is 0. The molecule has 18 heavy (non-hydrogen) atoms. The Kier molecular flexibility index (Phi) is 5.08. The van der Waals surface area contributed by atoms with Crippen LogP contribution in [-0.4, -0.2) is 36.6 Å². The molecule has 2 heteroatoms. The van der Waals surface area contributed by atoms with E-state index in [0.717, 1.165) is 29.8 Å². The fourth-order valence-electron chi connectivity index (χ4n) is 3.33. The van der Waals surface area contributed by atoms with Crippen molar-refractivity contribution < 1.29 is 0 Å². The molecule has 1 saturated carbocycles. The predicted octanol–water partition coefficient (Wildman–Crippen LogP) is 3.13. The van der Waals surface area contributed by atoms with E-state index in [0.29, 0.717) is 0 Å². The third kappa shape index (κ3) is 4.24. The van der Waals surface area contributed by atoms with Crippen LogP contribution in [0.5, 0.6) is 0 Å². The van der Waals surface area contributed by atoms with Crippen molar-refractivity contribution >= 4 is 0 Å². The van der Waals surface area contributed by atoms with Crippen LogP contribution in [0.25, 0.3) is 0 Å². The Labute approximate surface area is 114 Å². The van der Waals surface area contributed by atoms with Gasteiger partial charge in [0.2, 0.25) is 0 Å². The lowest BCUT2D eigenvalue weighted by atomic mass is 9.94. The maximum Gasteiger partial charge on any atom is 0.0198 e. The average molecular weight is 252 g/mol. The Morgan fingerprint density at radius 2 is 1.89 bits per heavy atom. The van der Waals surface area contributed by atoms with Crippen molar-refractivity contribution in [3.05, 3.63) is 0 Å². The molecule has 106 valence electrons. The molecule has 2 fully saturated rings. The molecule has 0 amide bonds. The molecule has 1 aliphatic carbocycles. The zero-order valence-corrected chi connectivity index (χ0v) is 12.8. The van der Waals surface area contributed by atoms with E-state index in [1.165, 1.54) is 45.3 Å². The summed E-state index contributed by atoms with van der Waals surface area (Å²) in [6.45, 7) is 13.3. The summed E-state index contributed by atoms with van der Waals surface area (Å²) in [5.74, 6) is 2.68. The minimum absolute atomic E-state index is 0.730. The van der Waals surface area contributed by atoms with Crippen molar-refractivity contribution in [2.24, 2.45) is 17.8 Å². The first kappa shape index (κ1) is 14.3. The summed E-state index contributed by atoms with van der Waals surface area (Å²) in [6.07, 6.45) is 5.62. The van der Waals surface area contributed by atoms with E-state index in [9.17, 15) is 0 Å². The quantitative estimate of drug-likeness (QED) is 0.781. The van der Waals surface area contributed by atoms with Gasteiger partial charge >= 0.3 is 0 Å². The Bertz CT molecular complexity index is 247. The van der Waals surface area contributed by atoms with Gasteiger partial charge in [-0.1, -0.05) is 20.8 Å². The van der Waals surface area contributed by atoms with Crippen molar-refractivity contribution in [2.45, 2.75) is 65.5 Å². The SMILES string of the molecule is CC(C)CCNC1CC(C)CN(C(C)C2CC2)C1. The van der Waals surface area contributed by atoms with Crippen LogP contribution in [0.15, 0.2) is 0 Å². The minimum Gasteiger partial charge on any atom is -0.313 e.